The summed E-state index contributed by atoms with van der Waals surface area (Å²) in [6, 6.07) is 10.5. The molecule has 0 saturated carbocycles. The predicted molar refractivity (Wildman–Crippen MR) is 81.7 cm³/mol. The topological polar surface area (TPSA) is 104 Å². The Kier molecular flexibility index (Phi) is 4.62. The summed E-state index contributed by atoms with van der Waals surface area (Å²) in [6.45, 7) is 0. The van der Waals surface area contributed by atoms with Crippen molar-refractivity contribution >= 4 is 40.5 Å². The van der Waals surface area contributed by atoms with Gasteiger partial charge in [0.2, 0.25) is 5.78 Å². The molecule has 1 aromatic carbocycles. The number of ketones is 1. The van der Waals surface area contributed by atoms with Gasteiger partial charge in [-0.15, -0.1) is 23.1 Å². The van der Waals surface area contributed by atoms with Crippen molar-refractivity contribution < 1.29 is 14.7 Å². The van der Waals surface area contributed by atoms with E-state index in [-0.39, 0.29) is 27.7 Å². The van der Waals surface area contributed by atoms with Gasteiger partial charge in [-0.1, -0.05) is 30.3 Å². The highest BCUT2D eigenvalue weighted by atomic mass is 32.2. The van der Waals surface area contributed by atoms with E-state index >= 15 is 0 Å². The molecule has 0 aliphatic rings. The van der Waals surface area contributed by atoms with E-state index in [0.717, 1.165) is 23.1 Å². The molecule has 0 fully saturated rings. The van der Waals surface area contributed by atoms with Crippen LogP contribution in [0.2, 0.25) is 0 Å². The molecule has 0 radical (unpaired) electrons. The van der Waals surface area contributed by atoms with E-state index in [1.165, 1.54) is 0 Å². The molecule has 106 valence electrons. The van der Waals surface area contributed by atoms with Gasteiger partial charge < -0.3 is 10.8 Å². The number of anilines is 1. The SMILES string of the molecule is N#Cc1c(SCC(=O)O)sc(C(=O)c2ccccc2)c1N. The van der Waals surface area contributed by atoms with Crippen LogP contribution >= 0.6 is 23.1 Å². The summed E-state index contributed by atoms with van der Waals surface area (Å²) in [4.78, 5) is 23.3. The second kappa shape index (κ2) is 6.43. The first-order valence-electron chi connectivity index (χ1n) is 5.81. The van der Waals surface area contributed by atoms with Crippen molar-refractivity contribution in [2.45, 2.75) is 4.21 Å². The fourth-order valence-electron chi connectivity index (χ4n) is 1.65. The first kappa shape index (κ1) is 15.1. The highest BCUT2D eigenvalue weighted by Crippen LogP contribution is 2.38. The molecule has 0 spiro atoms. The molecule has 1 aromatic heterocycles. The lowest BCUT2D eigenvalue weighted by Crippen LogP contribution is -2.02. The zero-order chi connectivity index (χ0) is 15.4. The Hall–Kier alpha value is -2.30. The number of nitrogens with zero attached hydrogens (tertiary/aromatic N) is 1. The molecule has 2 aromatic rings. The van der Waals surface area contributed by atoms with Crippen LogP contribution in [0, 0.1) is 11.3 Å². The zero-order valence-corrected chi connectivity index (χ0v) is 12.3. The monoisotopic (exact) mass is 318 g/mol. The number of thiophene rings is 1. The van der Waals surface area contributed by atoms with Gasteiger partial charge in [0.05, 0.1) is 15.6 Å². The largest absolute Gasteiger partial charge is 0.481 e. The molecule has 2 rings (SSSR count). The molecule has 1 heterocycles. The van der Waals surface area contributed by atoms with Crippen molar-refractivity contribution in [2.75, 3.05) is 11.5 Å². The number of nitriles is 1. The van der Waals surface area contributed by atoms with Crippen LogP contribution in [-0.4, -0.2) is 22.6 Å². The highest BCUT2D eigenvalue weighted by molar-refractivity contribution is 8.01. The molecule has 21 heavy (non-hydrogen) atoms. The van der Waals surface area contributed by atoms with Crippen LogP contribution in [0.4, 0.5) is 5.69 Å². The van der Waals surface area contributed by atoms with Gasteiger partial charge in [-0.25, -0.2) is 0 Å². The van der Waals surface area contributed by atoms with Crippen molar-refractivity contribution in [3.63, 3.8) is 0 Å². The molecule has 0 unspecified atom stereocenters. The number of carboxylic acids is 1. The molecule has 0 aliphatic carbocycles. The second-order valence-corrected chi connectivity index (χ2v) is 6.26. The van der Waals surface area contributed by atoms with Crippen molar-refractivity contribution in [3.8, 4) is 6.07 Å². The van der Waals surface area contributed by atoms with Gasteiger partial charge in [-0.05, 0) is 0 Å². The Morgan fingerprint density at radius 1 is 1.33 bits per heavy atom. The number of carbonyl (C=O) groups is 2. The highest BCUT2D eigenvalue weighted by Gasteiger charge is 2.22. The Bertz CT molecular complexity index is 733. The summed E-state index contributed by atoms with van der Waals surface area (Å²) in [5.41, 5.74) is 6.63. The molecule has 3 N–H and O–H groups in total. The van der Waals surface area contributed by atoms with Gasteiger partial charge in [0.15, 0.2) is 0 Å². The number of nitrogens with two attached hydrogens (primary N) is 1. The van der Waals surface area contributed by atoms with Crippen molar-refractivity contribution in [2.24, 2.45) is 0 Å². The smallest absolute Gasteiger partial charge is 0.313 e. The average Bonchev–Trinajstić information content (AvgIpc) is 2.81. The van der Waals surface area contributed by atoms with Crippen LogP contribution in [0.25, 0.3) is 0 Å². The lowest BCUT2D eigenvalue weighted by molar-refractivity contribution is -0.133. The normalized spacial score (nSPS) is 10.0. The third-order valence-corrected chi connectivity index (χ3v) is 5.05. The van der Waals surface area contributed by atoms with E-state index in [2.05, 4.69) is 0 Å². The van der Waals surface area contributed by atoms with Crippen molar-refractivity contribution in [1.82, 2.24) is 0 Å². The Labute approximate surface area is 129 Å². The van der Waals surface area contributed by atoms with Crippen molar-refractivity contribution in [1.29, 1.82) is 5.26 Å². The summed E-state index contributed by atoms with van der Waals surface area (Å²) in [7, 11) is 0. The number of hydrogen-bond donors (Lipinski definition) is 2. The van der Waals surface area contributed by atoms with E-state index < -0.39 is 5.97 Å². The van der Waals surface area contributed by atoms with Gasteiger partial charge in [0, 0.05) is 5.56 Å². The van der Waals surface area contributed by atoms with Gasteiger partial charge in [-0.3, -0.25) is 9.59 Å². The minimum atomic E-state index is -0.994. The number of thioether (sulfide) groups is 1. The second-order valence-electron chi connectivity index (χ2n) is 4.00. The van der Waals surface area contributed by atoms with E-state index in [9.17, 15) is 9.59 Å². The fraction of sp³-hybridized carbons (Fsp3) is 0.0714. The predicted octanol–water partition coefficient (Wildman–Crippen LogP) is 2.61. The van der Waals surface area contributed by atoms with Crippen LogP contribution in [0.3, 0.4) is 0 Å². The quantitative estimate of drug-likeness (QED) is 0.648. The van der Waals surface area contributed by atoms with Gasteiger partial charge in [0.25, 0.3) is 0 Å². The van der Waals surface area contributed by atoms with E-state index in [0.29, 0.717) is 9.77 Å². The van der Waals surface area contributed by atoms with E-state index in [1.54, 1.807) is 30.3 Å². The number of rotatable bonds is 5. The first-order valence-corrected chi connectivity index (χ1v) is 7.61. The molecule has 0 atom stereocenters. The number of carboxylic acid groups (broad SMARTS) is 1. The zero-order valence-electron chi connectivity index (χ0n) is 10.7. The molecule has 0 saturated heterocycles. The molecule has 0 amide bonds. The Morgan fingerprint density at radius 2 is 2.00 bits per heavy atom. The molecule has 0 bridgehead atoms. The van der Waals surface area contributed by atoms with Gasteiger partial charge >= 0.3 is 5.97 Å². The molecular formula is C14H10N2O3S2. The summed E-state index contributed by atoms with van der Waals surface area (Å²) in [6.07, 6.45) is 0. The van der Waals surface area contributed by atoms with Gasteiger partial charge in [-0.2, -0.15) is 5.26 Å². The number of nitrogen functional groups attached to an aromatic ring is 1. The lowest BCUT2D eigenvalue weighted by atomic mass is 10.1. The number of carbonyl (C=O) groups excluding carboxylic acids is 1. The summed E-state index contributed by atoms with van der Waals surface area (Å²) >= 11 is 2.05. The van der Waals surface area contributed by atoms with Crippen LogP contribution in [0.1, 0.15) is 20.8 Å². The number of aliphatic carboxylic acids is 1. The van der Waals surface area contributed by atoms with E-state index in [4.69, 9.17) is 16.1 Å². The fourth-order valence-corrected chi connectivity index (χ4v) is 3.73. The standard InChI is InChI=1S/C14H10N2O3S2/c15-6-9-11(16)13(21-14(9)20-7-10(17)18)12(19)8-4-2-1-3-5-8/h1-5H,7,16H2,(H,17,18). The Balaban J connectivity index is 2.39. The number of benzene rings is 1. The molecule has 7 heteroatoms. The molecular weight excluding hydrogens is 308 g/mol. The maximum absolute atomic E-state index is 12.4. The molecule has 5 nitrogen and oxygen atoms in total. The Morgan fingerprint density at radius 3 is 2.57 bits per heavy atom. The maximum Gasteiger partial charge on any atom is 0.313 e. The van der Waals surface area contributed by atoms with Crippen LogP contribution in [0.5, 0.6) is 0 Å². The van der Waals surface area contributed by atoms with Gasteiger partial charge in [0.1, 0.15) is 16.5 Å². The van der Waals surface area contributed by atoms with Crippen LogP contribution in [-0.2, 0) is 4.79 Å². The average molecular weight is 318 g/mol. The van der Waals surface area contributed by atoms with Crippen molar-refractivity contribution in [3.05, 3.63) is 46.3 Å². The van der Waals surface area contributed by atoms with Crippen LogP contribution in [0.15, 0.2) is 34.5 Å². The lowest BCUT2D eigenvalue weighted by Gasteiger charge is -1.98. The summed E-state index contributed by atoms with van der Waals surface area (Å²) in [5, 5.41) is 17.8. The molecule has 0 aliphatic heterocycles. The first-order chi connectivity index (χ1) is 10.0. The summed E-state index contributed by atoms with van der Waals surface area (Å²) < 4.78 is 0.455. The maximum atomic E-state index is 12.4. The van der Waals surface area contributed by atoms with Crippen LogP contribution < -0.4 is 5.73 Å². The minimum Gasteiger partial charge on any atom is -0.481 e. The third-order valence-electron chi connectivity index (χ3n) is 2.59. The third kappa shape index (κ3) is 3.24. The summed E-state index contributed by atoms with van der Waals surface area (Å²) in [5.74, 6) is -1.45. The number of hydrogen-bond acceptors (Lipinski definition) is 6. The van der Waals surface area contributed by atoms with E-state index in [1.807, 2.05) is 6.07 Å². The minimum absolute atomic E-state index is 0.115.